The summed E-state index contributed by atoms with van der Waals surface area (Å²) in [5.74, 6) is 0.881. The Hall–Kier alpha value is -2.30. The van der Waals surface area contributed by atoms with Crippen molar-refractivity contribution in [1.82, 2.24) is 15.3 Å². The third-order valence-electron chi connectivity index (χ3n) is 2.49. The van der Waals surface area contributed by atoms with Crippen LogP contribution in [0.2, 0.25) is 0 Å². The van der Waals surface area contributed by atoms with Crippen LogP contribution in [-0.2, 0) is 6.54 Å². The van der Waals surface area contributed by atoms with E-state index in [1.165, 1.54) is 0 Å². The highest BCUT2D eigenvalue weighted by Crippen LogP contribution is 2.19. The van der Waals surface area contributed by atoms with Crippen LogP contribution in [0.25, 0.3) is 0 Å². The first kappa shape index (κ1) is 14.1. The number of nitrogens with zero attached hydrogens (tertiary/aromatic N) is 1. The Labute approximate surface area is 118 Å². The monoisotopic (exact) mass is 273 g/mol. The average molecular weight is 273 g/mol. The molecule has 5 heteroatoms. The number of hydrogen-bond donors (Lipinski definition) is 2. The standard InChI is InChI=1S/C15H19N3O2/c1-15(2,3)20-12-6-4-5-11(9-12)10-18-14(19)13-16-7-8-17-13/h4-9H,10H2,1-3H3,(H,16,17)(H,18,19). The summed E-state index contributed by atoms with van der Waals surface area (Å²) in [7, 11) is 0. The van der Waals surface area contributed by atoms with Crippen LogP contribution in [0.1, 0.15) is 37.0 Å². The van der Waals surface area contributed by atoms with E-state index < -0.39 is 0 Å². The molecule has 0 aliphatic rings. The van der Waals surface area contributed by atoms with Crippen LogP contribution in [0.4, 0.5) is 0 Å². The summed E-state index contributed by atoms with van der Waals surface area (Å²) < 4.78 is 5.79. The van der Waals surface area contributed by atoms with Gasteiger partial charge in [0.15, 0.2) is 5.82 Å². The van der Waals surface area contributed by atoms with E-state index in [1.807, 2.05) is 45.0 Å². The molecule has 0 aliphatic heterocycles. The maximum absolute atomic E-state index is 11.8. The molecule has 2 rings (SSSR count). The number of aromatic nitrogens is 2. The van der Waals surface area contributed by atoms with Gasteiger partial charge >= 0.3 is 0 Å². The van der Waals surface area contributed by atoms with Crippen molar-refractivity contribution in [3.63, 3.8) is 0 Å². The number of amides is 1. The van der Waals surface area contributed by atoms with E-state index in [-0.39, 0.29) is 11.5 Å². The second-order valence-electron chi connectivity index (χ2n) is 5.48. The lowest BCUT2D eigenvalue weighted by Gasteiger charge is -2.21. The maximum Gasteiger partial charge on any atom is 0.287 e. The third-order valence-corrected chi connectivity index (χ3v) is 2.49. The molecule has 2 N–H and O–H groups in total. The lowest BCUT2D eigenvalue weighted by atomic mass is 10.1. The molecule has 0 unspecified atom stereocenters. The predicted molar refractivity (Wildman–Crippen MR) is 76.6 cm³/mol. The summed E-state index contributed by atoms with van der Waals surface area (Å²) in [6.07, 6.45) is 3.17. The number of aromatic amines is 1. The minimum atomic E-state index is -0.240. The Kier molecular flexibility index (Phi) is 4.08. The largest absolute Gasteiger partial charge is 0.488 e. The second kappa shape index (κ2) is 5.77. The number of nitrogens with one attached hydrogen (secondary N) is 2. The molecule has 1 aromatic heterocycles. The first-order valence-corrected chi connectivity index (χ1v) is 6.49. The van der Waals surface area contributed by atoms with E-state index in [0.29, 0.717) is 12.4 Å². The first-order valence-electron chi connectivity index (χ1n) is 6.49. The van der Waals surface area contributed by atoms with Gasteiger partial charge in [-0.05, 0) is 38.5 Å². The summed E-state index contributed by atoms with van der Waals surface area (Å²) in [5, 5.41) is 2.80. The summed E-state index contributed by atoms with van der Waals surface area (Å²) >= 11 is 0. The van der Waals surface area contributed by atoms with Crippen LogP contribution in [0.3, 0.4) is 0 Å². The molecule has 106 valence electrons. The number of benzene rings is 1. The molecule has 20 heavy (non-hydrogen) atoms. The number of rotatable bonds is 4. The molecule has 1 amide bonds. The summed E-state index contributed by atoms with van der Waals surface area (Å²) in [4.78, 5) is 18.4. The Morgan fingerprint density at radius 1 is 1.40 bits per heavy atom. The fourth-order valence-corrected chi connectivity index (χ4v) is 1.73. The third kappa shape index (κ3) is 4.12. The molecule has 0 aliphatic carbocycles. The Balaban J connectivity index is 1.96. The minimum Gasteiger partial charge on any atom is -0.488 e. The van der Waals surface area contributed by atoms with Crippen molar-refractivity contribution in [2.45, 2.75) is 32.9 Å². The van der Waals surface area contributed by atoms with Gasteiger partial charge in [-0.25, -0.2) is 4.98 Å². The van der Waals surface area contributed by atoms with Crippen molar-refractivity contribution in [1.29, 1.82) is 0 Å². The molecule has 0 fully saturated rings. The van der Waals surface area contributed by atoms with E-state index in [2.05, 4.69) is 15.3 Å². The van der Waals surface area contributed by atoms with Gasteiger partial charge in [0.05, 0.1) is 0 Å². The van der Waals surface area contributed by atoms with Crippen molar-refractivity contribution >= 4 is 5.91 Å². The maximum atomic E-state index is 11.8. The second-order valence-corrected chi connectivity index (χ2v) is 5.48. The number of ether oxygens (including phenoxy) is 1. The zero-order valence-corrected chi connectivity index (χ0v) is 11.9. The minimum absolute atomic E-state index is 0.225. The smallest absolute Gasteiger partial charge is 0.287 e. The predicted octanol–water partition coefficient (Wildman–Crippen LogP) is 2.52. The summed E-state index contributed by atoms with van der Waals surface area (Å²) in [5.41, 5.74) is 0.738. The number of hydrogen-bond acceptors (Lipinski definition) is 3. The fourth-order valence-electron chi connectivity index (χ4n) is 1.73. The molecule has 2 aromatic rings. The lowest BCUT2D eigenvalue weighted by molar-refractivity contribution is 0.0941. The van der Waals surface area contributed by atoms with Crippen molar-refractivity contribution in [3.8, 4) is 5.75 Å². The Morgan fingerprint density at radius 3 is 2.85 bits per heavy atom. The summed E-state index contributed by atoms with van der Waals surface area (Å²) in [6, 6.07) is 7.68. The molecule has 0 spiro atoms. The normalized spacial score (nSPS) is 11.2. The molecule has 0 atom stereocenters. The van der Waals surface area contributed by atoms with Crippen LogP contribution in [-0.4, -0.2) is 21.5 Å². The van der Waals surface area contributed by atoms with E-state index >= 15 is 0 Å². The number of H-pyrrole nitrogens is 1. The Bertz CT molecular complexity index is 571. The van der Waals surface area contributed by atoms with E-state index in [0.717, 1.165) is 11.3 Å². The van der Waals surface area contributed by atoms with Crippen LogP contribution in [0.15, 0.2) is 36.7 Å². The molecule has 0 bridgehead atoms. The van der Waals surface area contributed by atoms with Gasteiger partial charge < -0.3 is 15.0 Å². The van der Waals surface area contributed by atoms with Gasteiger partial charge in [0, 0.05) is 18.9 Å². The molecule has 5 nitrogen and oxygen atoms in total. The van der Waals surface area contributed by atoms with Gasteiger partial charge in [0.25, 0.3) is 5.91 Å². The summed E-state index contributed by atoms with van der Waals surface area (Å²) in [6.45, 7) is 6.43. The molecular weight excluding hydrogens is 254 g/mol. The van der Waals surface area contributed by atoms with Crippen LogP contribution in [0, 0.1) is 0 Å². The van der Waals surface area contributed by atoms with E-state index in [1.54, 1.807) is 12.4 Å². The SMILES string of the molecule is CC(C)(C)Oc1cccc(CNC(=O)c2ncc[nH]2)c1. The number of imidazole rings is 1. The van der Waals surface area contributed by atoms with E-state index in [4.69, 9.17) is 4.74 Å². The van der Waals surface area contributed by atoms with Crippen molar-refractivity contribution in [2.75, 3.05) is 0 Å². The molecule has 1 heterocycles. The molecule has 0 saturated heterocycles. The molecule has 0 saturated carbocycles. The molecule has 0 radical (unpaired) electrons. The van der Waals surface area contributed by atoms with Crippen LogP contribution in [0.5, 0.6) is 5.75 Å². The van der Waals surface area contributed by atoms with Crippen molar-refractivity contribution < 1.29 is 9.53 Å². The number of carbonyl (C=O) groups is 1. The average Bonchev–Trinajstić information content (AvgIpc) is 2.88. The van der Waals surface area contributed by atoms with Crippen LogP contribution >= 0.6 is 0 Å². The lowest BCUT2D eigenvalue weighted by Crippen LogP contribution is -2.24. The van der Waals surface area contributed by atoms with Crippen LogP contribution < -0.4 is 10.1 Å². The number of carbonyl (C=O) groups excluding carboxylic acids is 1. The van der Waals surface area contributed by atoms with Gasteiger partial charge in [0.2, 0.25) is 0 Å². The van der Waals surface area contributed by atoms with Gasteiger partial charge in [-0.2, -0.15) is 0 Å². The van der Waals surface area contributed by atoms with Gasteiger partial charge in [-0.15, -0.1) is 0 Å². The zero-order chi connectivity index (χ0) is 14.6. The van der Waals surface area contributed by atoms with Crippen molar-refractivity contribution in [3.05, 3.63) is 48.0 Å². The van der Waals surface area contributed by atoms with Gasteiger partial charge in [-0.1, -0.05) is 12.1 Å². The Morgan fingerprint density at radius 2 is 2.20 bits per heavy atom. The highest BCUT2D eigenvalue weighted by Gasteiger charge is 2.12. The quantitative estimate of drug-likeness (QED) is 0.899. The highest BCUT2D eigenvalue weighted by molar-refractivity contribution is 5.90. The highest BCUT2D eigenvalue weighted by atomic mass is 16.5. The fraction of sp³-hybridized carbons (Fsp3) is 0.333. The molecular formula is C15H19N3O2. The first-order chi connectivity index (χ1) is 9.44. The zero-order valence-electron chi connectivity index (χ0n) is 11.9. The van der Waals surface area contributed by atoms with Gasteiger partial charge in [0.1, 0.15) is 11.4 Å². The van der Waals surface area contributed by atoms with Gasteiger partial charge in [-0.3, -0.25) is 4.79 Å². The topological polar surface area (TPSA) is 67.0 Å². The molecule has 1 aromatic carbocycles. The van der Waals surface area contributed by atoms with Crippen molar-refractivity contribution in [2.24, 2.45) is 0 Å². The van der Waals surface area contributed by atoms with E-state index in [9.17, 15) is 4.79 Å².